The molecule has 1 aromatic heterocycles. The highest BCUT2D eigenvalue weighted by Gasteiger charge is 2.45. The zero-order valence-corrected chi connectivity index (χ0v) is 20.9. The second-order valence-electron chi connectivity index (χ2n) is 10.9. The van der Waals surface area contributed by atoms with E-state index in [0.29, 0.717) is 30.2 Å². The molecule has 2 aliphatic rings. The average Bonchev–Trinajstić information content (AvgIpc) is 3.28. The fourth-order valence-electron chi connectivity index (χ4n) is 6.35. The number of hydrogen-bond donors (Lipinski definition) is 0. The first kappa shape index (κ1) is 24.3. The normalized spacial score (nSPS) is 25.6. The monoisotopic (exact) mass is 481 g/mol. The number of hydrogen-bond acceptors (Lipinski definition) is 3. The maximum absolute atomic E-state index is 15.0. The molecule has 5 rings (SSSR count). The third-order valence-electron chi connectivity index (χ3n) is 8.40. The van der Waals surface area contributed by atoms with Gasteiger partial charge < -0.3 is 9.15 Å². The maximum Gasteiger partial charge on any atom is 0.400 e. The van der Waals surface area contributed by atoms with Crippen molar-refractivity contribution >= 4 is 11.1 Å². The lowest BCUT2D eigenvalue weighted by Gasteiger charge is -2.39. The van der Waals surface area contributed by atoms with Crippen molar-refractivity contribution in [1.29, 1.82) is 0 Å². The van der Waals surface area contributed by atoms with Crippen molar-refractivity contribution in [2.75, 3.05) is 0 Å². The molecule has 0 N–H and O–H groups in total. The van der Waals surface area contributed by atoms with Gasteiger partial charge in [0.05, 0.1) is 5.92 Å². The van der Waals surface area contributed by atoms with Crippen LogP contribution in [0.25, 0.3) is 22.6 Å². The van der Waals surface area contributed by atoms with Gasteiger partial charge >= 0.3 is 6.11 Å². The zero-order chi connectivity index (χ0) is 24.4. The summed E-state index contributed by atoms with van der Waals surface area (Å²) in [6.07, 6.45) is 7.62. The molecule has 5 heteroatoms. The Balaban J connectivity index is 1.16. The Morgan fingerprint density at radius 2 is 1.57 bits per heavy atom. The maximum atomic E-state index is 15.0. The number of fused-ring (bicyclic) bond motifs is 1. The van der Waals surface area contributed by atoms with Gasteiger partial charge in [-0.1, -0.05) is 38.7 Å². The summed E-state index contributed by atoms with van der Waals surface area (Å²) >= 11 is 0. The van der Waals surface area contributed by atoms with Crippen LogP contribution in [0.3, 0.4) is 0 Å². The molecule has 0 atom stereocenters. The summed E-state index contributed by atoms with van der Waals surface area (Å²) in [5, 5.41) is 0. The fourth-order valence-corrected chi connectivity index (χ4v) is 6.35. The van der Waals surface area contributed by atoms with Gasteiger partial charge in [0.1, 0.15) is 11.3 Å². The van der Waals surface area contributed by atoms with Gasteiger partial charge in [0, 0.05) is 5.56 Å². The van der Waals surface area contributed by atoms with Crippen molar-refractivity contribution in [2.24, 2.45) is 23.7 Å². The Hall–Kier alpha value is -2.43. The van der Waals surface area contributed by atoms with E-state index in [4.69, 9.17) is 9.15 Å². The van der Waals surface area contributed by atoms with Crippen molar-refractivity contribution in [3.63, 3.8) is 0 Å². The quantitative estimate of drug-likeness (QED) is 0.337. The Morgan fingerprint density at radius 3 is 2.23 bits per heavy atom. The summed E-state index contributed by atoms with van der Waals surface area (Å²) in [5.74, 6) is 2.19. The summed E-state index contributed by atoms with van der Waals surface area (Å²) in [4.78, 5) is 4.52. The van der Waals surface area contributed by atoms with E-state index in [-0.39, 0.29) is 5.75 Å². The lowest BCUT2D eigenvalue weighted by atomic mass is 9.68. The van der Waals surface area contributed by atoms with Crippen LogP contribution < -0.4 is 4.74 Å². The van der Waals surface area contributed by atoms with Crippen molar-refractivity contribution in [3.8, 4) is 17.2 Å². The van der Waals surface area contributed by atoms with Crippen LogP contribution in [-0.4, -0.2) is 11.1 Å². The van der Waals surface area contributed by atoms with Crippen molar-refractivity contribution in [3.05, 3.63) is 48.0 Å². The first-order valence-corrected chi connectivity index (χ1v) is 13.5. The van der Waals surface area contributed by atoms with Gasteiger partial charge in [0.25, 0.3) is 0 Å². The first-order chi connectivity index (χ1) is 16.9. The molecular weight excluding hydrogens is 444 g/mol. The molecule has 0 bridgehead atoms. The molecule has 0 amide bonds. The number of halogens is 2. The molecule has 0 aliphatic heterocycles. The lowest BCUT2D eigenvalue weighted by Crippen LogP contribution is -2.38. The van der Waals surface area contributed by atoms with Crippen LogP contribution in [0.2, 0.25) is 0 Å². The molecule has 0 unspecified atom stereocenters. The molecule has 2 saturated carbocycles. The summed E-state index contributed by atoms with van der Waals surface area (Å²) in [6, 6.07) is 12.5. The highest BCUT2D eigenvalue weighted by molar-refractivity contribution is 5.76. The molecule has 3 aromatic rings. The Bertz CT molecular complexity index is 1110. The molecule has 2 fully saturated rings. The third kappa shape index (κ3) is 5.54. The van der Waals surface area contributed by atoms with Crippen LogP contribution in [0, 0.1) is 30.6 Å². The predicted octanol–water partition coefficient (Wildman–Crippen LogP) is 9.19. The average molecular weight is 482 g/mol. The van der Waals surface area contributed by atoms with Gasteiger partial charge in [-0.3, -0.25) is 0 Å². The number of nitrogens with zero attached hydrogens (tertiary/aromatic N) is 1. The van der Waals surface area contributed by atoms with Crippen molar-refractivity contribution in [1.82, 2.24) is 4.98 Å². The fraction of sp³-hybridized carbons (Fsp3) is 0.567. The highest BCUT2D eigenvalue weighted by Crippen LogP contribution is 2.46. The number of aryl methyl sites for hydroxylation is 1. The molecular formula is C30H37F2NO2. The Morgan fingerprint density at radius 1 is 0.914 bits per heavy atom. The van der Waals surface area contributed by atoms with Gasteiger partial charge in [-0.15, -0.1) is 0 Å². The lowest BCUT2D eigenvalue weighted by molar-refractivity contribution is -0.224. The van der Waals surface area contributed by atoms with Crippen LogP contribution in [0.1, 0.15) is 76.7 Å². The topological polar surface area (TPSA) is 35.3 Å². The van der Waals surface area contributed by atoms with Crippen molar-refractivity contribution in [2.45, 2.75) is 84.2 Å². The molecule has 35 heavy (non-hydrogen) atoms. The molecule has 0 spiro atoms. The minimum atomic E-state index is -3.15. The van der Waals surface area contributed by atoms with Gasteiger partial charge in [-0.25, -0.2) is 4.98 Å². The van der Waals surface area contributed by atoms with E-state index in [1.807, 2.05) is 25.1 Å². The third-order valence-corrected chi connectivity index (χ3v) is 8.40. The predicted molar refractivity (Wildman–Crippen MR) is 136 cm³/mol. The zero-order valence-electron chi connectivity index (χ0n) is 20.9. The van der Waals surface area contributed by atoms with E-state index < -0.39 is 12.0 Å². The van der Waals surface area contributed by atoms with Crippen LogP contribution in [0.5, 0.6) is 5.75 Å². The Kier molecular flexibility index (Phi) is 7.13. The second-order valence-corrected chi connectivity index (χ2v) is 10.9. The molecule has 1 heterocycles. The van der Waals surface area contributed by atoms with Gasteiger partial charge in [-0.2, -0.15) is 8.78 Å². The van der Waals surface area contributed by atoms with Crippen LogP contribution in [0.4, 0.5) is 8.78 Å². The SMILES string of the molecule is CCCC1CCC(C2CCC(C(F)(F)Oc3ccc(-c4nc5cc(C)ccc5o4)cc3)CC2)CC1. The van der Waals surface area contributed by atoms with E-state index >= 15 is 8.78 Å². The number of ether oxygens (including phenoxy) is 1. The number of aromatic nitrogens is 1. The smallest absolute Gasteiger partial charge is 0.400 e. The summed E-state index contributed by atoms with van der Waals surface area (Å²) in [6.45, 7) is 4.27. The number of alkyl halides is 2. The number of rotatable bonds is 7. The summed E-state index contributed by atoms with van der Waals surface area (Å²) in [5.41, 5.74) is 3.35. The first-order valence-electron chi connectivity index (χ1n) is 13.5. The minimum Gasteiger partial charge on any atom is -0.436 e. The number of oxazole rings is 1. The van der Waals surface area contributed by atoms with Gasteiger partial charge in [0.15, 0.2) is 5.58 Å². The van der Waals surface area contributed by atoms with Crippen LogP contribution in [-0.2, 0) is 0 Å². The van der Waals surface area contributed by atoms with E-state index in [2.05, 4.69) is 11.9 Å². The standard InChI is InChI=1S/C30H37F2NO2/c1-3-4-21-6-8-22(9-7-21)23-10-14-25(15-11-23)30(31,32)35-26-16-12-24(13-17-26)29-33-27-19-20(2)5-18-28(27)34-29/h5,12-13,16-19,21-23,25H,3-4,6-11,14-15H2,1-2H3. The molecule has 3 nitrogen and oxygen atoms in total. The van der Waals surface area contributed by atoms with Gasteiger partial charge in [0.2, 0.25) is 5.89 Å². The van der Waals surface area contributed by atoms with Crippen LogP contribution in [0.15, 0.2) is 46.9 Å². The molecule has 2 aromatic carbocycles. The minimum absolute atomic E-state index is 0.182. The summed E-state index contributed by atoms with van der Waals surface area (Å²) < 4.78 is 41.2. The van der Waals surface area contributed by atoms with Crippen LogP contribution >= 0.6 is 0 Å². The largest absolute Gasteiger partial charge is 0.436 e. The second kappa shape index (κ2) is 10.3. The van der Waals surface area contributed by atoms with Gasteiger partial charge in [-0.05, 0) is 105 Å². The summed E-state index contributed by atoms with van der Waals surface area (Å²) in [7, 11) is 0. The van der Waals surface area contributed by atoms with E-state index in [1.54, 1.807) is 24.3 Å². The van der Waals surface area contributed by atoms with E-state index in [0.717, 1.165) is 41.3 Å². The Labute approximate surface area is 207 Å². The van der Waals surface area contributed by atoms with E-state index in [9.17, 15) is 0 Å². The van der Waals surface area contributed by atoms with Crippen molar-refractivity contribution < 1.29 is 17.9 Å². The highest BCUT2D eigenvalue weighted by atomic mass is 19.3. The van der Waals surface area contributed by atoms with E-state index in [1.165, 1.54) is 38.5 Å². The molecule has 2 aliphatic carbocycles. The molecule has 0 radical (unpaired) electrons. The molecule has 0 saturated heterocycles. The molecule has 188 valence electrons. The number of benzene rings is 2.